The summed E-state index contributed by atoms with van der Waals surface area (Å²) in [4.78, 5) is 28.7. The molecule has 0 bridgehead atoms. The van der Waals surface area contributed by atoms with Gasteiger partial charge in [0.05, 0.1) is 20.6 Å². The van der Waals surface area contributed by atoms with Crippen molar-refractivity contribution in [3.05, 3.63) is 23.8 Å². The third-order valence-corrected chi connectivity index (χ3v) is 4.78. The van der Waals surface area contributed by atoms with Gasteiger partial charge >= 0.3 is 0 Å². The highest BCUT2D eigenvalue weighted by Crippen LogP contribution is 2.25. The molecule has 0 unspecified atom stereocenters. The summed E-state index contributed by atoms with van der Waals surface area (Å²) in [5.41, 5.74) is 0.846. The number of methoxy groups -OCH3 is 2. The summed E-state index contributed by atoms with van der Waals surface area (Å²) < 4.78 is 10.6. The van der Waals surface area contributed by atoms with Crippen LogP contribution in [0.15, 0.2) is 18.2 Å². The summed E-state index contributed by atoms with van der Waals surface area (Å²) in [5, 5.41) is 0. The predicted molar refractivity (Wildman–Crippen MR) is 101 cm³/mol. The van der Waals surface area contributed by atoms with Gasteiger partial charge in [-0.15, -0.1) is 0 Å². The number of benzene rings is 1. The minimum atomic E-state index is 0.0660. The van der Waals surface area contributed by atoms with Crippen LogP contribution in [0.2, 0.25) is 0 Å². The molecule has 0 atom stereocenters. The van der Waals surface area contributed by atoms with Gasteiger partial charge in [-0.3, -0.25) is 9.59 Å². The Morgan fingerprint density at radius 1 is 1.00 bits per heavy atom. The van der Waals surface area contributed by atoms with Crippen LogP contribution < -0.4 is 9.47 Å². The highest BCUT2D eigenvalue weighted by Gasteiger charge is 2.22. The van der Waals surface area contributed by atoms with Crippen LogP contribution >= 0.6 is 0 Å². The average Bonchev–Trinajstić information content (AvgIpc) is 2.92. The highest BCUT2D eigenvalue weighted by molar-refractivity contribution is 5.80. The lowest BCUT2D eigenvalue weighted by Crippen LogP contribution is -2.37. The van der Waals surface area contributed by atoms with Crippen molar-refractivity contribution in [3.8, 4) is 11.5 Å². The van der Waals surface area contributed by atoms with Gasteiger partial charge in [-0.05, 0) is 18.9 Å². The molecular formula is C20H30N2O4. The second-order valence-corrected chi connectivity index (χ2v) is 6.57. The molecule has 0 N–H and O–H groups in total. The van der Waals surface area contributed by atoms with E-state index in [2.05, 4.69) is 6.92 Å². The van der Waals surface area contributed by atoms with E-state index in [1.165, 1.54) is 0 Å². The van der Waals surface area contributed by atoms with Gasteiger partial charge in [-0.2, -0.15) is 0 Å². The fourth-order valence-corrected chi connectivity index (χ4v) is 3.18. The predicted octanol–water partition coefficient (Wildman–Crippen LogP) is 2.50. The Morgan fingerprint density at radius 3 is 2.31 bits per heavy atom. The zero-order valence-electron chi connectivity index (χ0n) is 16.1. The lowest BCUT2D eigenvalue weighted by atomic mass is 10.1. The third-order valence-electron chi connectivity index (χ3n) is 4.78. The van der Waals surface area contributed by atoms with Gasteiger partial charge in [0.25, 0.3) is 0 Å². The molecule has 1 aromatic carbocycles. The van der Waals surface area contributed by atoms with Crippen molar-refractivity contribution < 1.29 is 19.1 Å². The normalized spacial score (nSPS) is 14.7. The third kappa shape index (κ3) is 5.38. The molecule has 6 nitrogen and oxygen atoms in total. The molecule has 2 rings (SSSR count). The highest BCUT2D eigenvalue weighted by atomic mass is 16.5. The number of nitrogens with zero attached hydrogens (tertiary/aromatic N) is 2. The van der Waals surface area contributed by atoms with Crippen molar-refractivity contribution in [3.63, 3.8) is 0 Å². The molecule has 1 heterocycles. The first-order chi connectivity index (χ1) is 12.6. The molecule has 1 fully saturated rings. The van der Waals surface area contributed by atoms with E-state index in [-0.39, 0.29) is 18.2 Å². The van der Waals surface area contributed by atoms with E-state index in [0.717, 1.165) is 31.4 Å². The Hall–Kier alpha value is -2.24. The number of unbranched alkanes of at least 4 members (excludes halogenated alkanes) is 1. The van der Waals surface area contributed by atoms with Crippen LogP contribution in [0, 0.1) is 0 Å². The molecule has 0 spiro atoms. The molecule has 1 saturated heterocycles. The maximum atomic E-state index is 12.7. The van der Waals surface area contributed by atoms with Crippen LogP contribution in [0.1, 0.15) is 38.2 Å². The van der Waals surface area contributed by atoms with Crippen LogP contribution in [-0.2, 0) is 16.0 Å². The molecule has 1 aromatic rings. The number of rotatable bonds is 7. The molecule has 26 heavy (non-hydrogen) atoms. The molecule has 0 aliphatic carbocycles. The summed E-state index contributed by atoms with van der Waals surface area (Å²) in [5.74, 6) is 1.63. The van der Waals surface area contributed by atoms with Crippen molar-refractivity contribution in [2.75, 3.05) is 40.4 Å². The van der Waals surface area contributed by atoms with E-state index in [4.69, 9.17) is 9.47 Å². The summed E-state index contributed by atoms with van der Waals surface area (Å²) in [6, 6.07) is 5.49. The Kier molecular flexibility index (Phi) is 7.75. The van der Waals surface area contributed by atoms with Gasteiger partial charge in [-0.25, -0.2) is 0 Å². The van der Waals surface area contributed by atoms with Crippen LogP contribution in [0.4, 0.5) is 0 Å². The standard InChI is InChI=1S/C20H30N2O4/c1-4-5-7-19(23)21-10-6-11-22(13-12-21)20(24)14-16-8-9-17(25-2)15-18(16)26-3/h8-9,15H,4-7,10-14H2,1-3H3. The quantitative estimate of drug-likeness (QED) is 0.748. The Morgan fingerprint density at radius 2 is 1.69 bits per heavy atom. The largest absolute Gasteiger partial charge is 0.497 e. The molecule has 1 aliphatic heterocycles. The molecule has 2 amide bonds. The van der Waals surface area contributed by atoms with E-state index in [1.807, 2.05) is 21.9 Å². The van der Waals surface area contributed by atoms with Gasteiger partial charge in [0.2, 0.25) is 11.8 Å². The minimum absolute atomic E-state index is 0.0660. The number of amides is 2. The molecule has 0 saturated carbocycles. The van der Waals surface area contributed by atoms with Gasteiger partial charge in [-0.1, -0.05) is 19.4 Å². The summed E-state index contributed by atoms with van der Waals surface area (Å²) in [6.45, 7) is 4.72. The average molecular weight is 362 g/mol. The zero-order chi connectivity index (χ0) is 18.9. The zero-order valence-corrected chi connectivity index (χ0v) is 16.1. The van der Waals surface area contributed by atoms with E-state index in [0.29, 0.717) is 37.6 Å². The van der Waals surface area contributed by atoms with E-state index >= 15 is 0 Å². The first-order valence-electron chi connectivity index (χ1n) is 9.35. The number of ether oxygens (including phenoxy) is 2. The first kappa shape index (κ1) is 20.1. The van der Waals surface area contributed by atoms with E-state index in [9.17, 15) is 9.59 Å². The van der Waals surface area contributed by atoms with E-state index < -0.39 is 0 Å². The minimum Gasteiger partial charge on any atom is -0.497 e. The van der Waals surface area contributed by atoms with Crippen molar-refractivity contribution >= 4 is 11.8 Å². The van der Waals surface area contributed by atoms with Gasteiger partial charge in [0, 0.05) is 44.2 Å². The molecular weight excluding hydrogens is 332 g/mol. The second kappa shape index (κ2) is 10.0. The van der Waals surface area contributed by atoms with Gasteiger partial charge < -0.3 is 19.3 Å². The topological polar surface area (TPSA) is 59.1 Å². The Bertz CT molecular complexity index is 618. The number of hydrogen-bond donors (Lipinski definition) is 0. The maximum Gasteiger partial charge on any atom is 0.227 e. The van der Waals surface area contributed by atoms with Gasteiger partial charge in [0.1, 0.15) is 11.5 Å². The summed E-state index contributed by atoms with van der Waals surface area (Å²) in [7, 11) is 3.19. The summed E-state index contributed by atoms with van der Waals surface area (Å²) in [6.07, 6.45) is 3.66. The van der Waals surface area contributed by atoms with E-state index in [1.54, 1.807) is 20.3 Å². The second-order valence-electron chi connectivity index (χ2n) is 6.57. The summed E-state index contributed by atoms with van der Waals surface area (Å²) >= 11 is 0. The van der Waals surface area contributed by atoms with Crippen molar-refractivity contribution in [2.45, 2.75) is 39.0 Å². The maximum absolute atomic E-state index is 12.7. The molecule has 1 aliphatic rings. The number of hydrogen-bond acceptors (Lipinski definition) is 4. The smallest absolute Gasteiger partial charge is 0.227 e. The molecule has 6 heteroatoms. The Labute approximate surface area is 156 Å². The fraction of sp³-hybridized carbons (Fsp3) is 0.600. The van der Waals surface area contributed by atoms with Crippen LogP contribution in [0.3, 0.4) is 0 Å². The van der Waals surface area contributed by atoms with Crippen LogP contribution in [0.25, 0.3) is 0 Å². The van der Waals surface area contributed by atoms with Crippen molar-refractivity contribution in [2.24, 2.45) is 0 Å². The number of carbonyl (C=O) groups is 2. The monoisotopic (exact) mass is 362 g/mol. The lowest BCUT2D eigenvalue weighted by Gasteiger charge is -2.22. The van der Waals surface area contributed by atoms with Crippen LogP contribution in [0.5, 0.6) is 11.5 Å². The first-order valence-corrected chi connectivity index (χ1v) is 9.35. The molecule has 144 valence electrons. The SMILES string of the molecule is CCCCC(=O)N1CCCN(C(=O)Cc2ccc(OC)cc2OC)CC1. The van der Waals surface area contributed by atoms with Crippen molar-refractivity contribution in [1.82, 2.24) is 9.80 Å². The molecule has 0 aromatic heterocycles. The fourth-order valence-electron chi connectivity index (χ4n) is 3.18. The molecule has 0 radical (unpaired) electrons. The van der Waals surface area contributed by atoms with Crippen molar-refractivity contribution in [1.29, 1.82) is 0 Å². The Balaban J connectivity index is 1.95. The number of carbonyl (C=O) groups excluding carboxylic acids is 2. The lowest BCUT2D eigenvalue weighted by molar-refractivity contribution is -0.133. The van der Waals surface area contributed by atoms with Gasteiger partial charge in [0.15, 0.2) is 0 Å². The van der Waals surface area contributed by atoms with Crippen LogP contribution in [-0.4, -0.2) is 62.0 Å².